The fourth-order valence-electron chi connectivity index (χ4n) is 2.20. The minimum atomic E-state index is -0.160. The number of methoxy groups -OCH3 is 1. The highest BCUT2D eigenvalue weighted by Crippen LogP contribution is 2.18. The zero-order chi connectivity index (χ0) is 18.8. The predicted octanol–water partition coefficient (Wildman–Crippen LogP) is 4.39. The van der Waals surface area contributed by atoms with Gasteiger partial charge in [0.2, 0.25) is 0 Å². The van der Waals surface area contributed by atoms with E-state index in [1.165, 1.54) is 0 Å². The third-order valence-corrected chi connectivity index (χ3v) is 3.75. The van der Waals surface area contributed by atoms with Crippen LogP contribution in [0.1, 0.15) is 30.6 Å². The molecule has 0 radical (unpaired) electrons. The lowest BCUT2D eigenvalue weighted by Gasteiger charge is -2.10. The van der Waals surface area contributed by atoms with Gasteiger partial charge in [-0.05, 0) is 60.9 Å². The molecule has 0 atom stereocenters. The highest BCUT2D eigenvalue weighted by atomic mass is 16.5. The number of hydrogen-bond donors (Lipinski definition) is 1. The minimum Gasteiger partial charge on any atom is -0.494 e. The Balaban J connectivity index is 1.85. The zero-order valence-corrected chi connectivity index (χ0v) is 15.7. The van der Waals surface area contributed by atoms with Crippen molar-refractivity contribution in [2.45, 2.75) is 20.3 Å². The summed E-state index contributed by atoms with van der Waals surface area (Å²) in [6.45, 7) is 6.04. The molecular weight excluding hydrogens is 330 g/mol. The third-order valence-electron chi connectivity index (χ3n) is 3.75. The summed E-state index contributed by atoms with van der Waals surface area (Å²) in [6, 6.07) is 14.4. The van der Waals surface area contributed by atoms with E-state index >= 15 is 0 Å². The van der Waals surface area contributed by atoms with E-state index in [0.717, 1.165) is 17.9 Å². The first-order chi connectivity index (χ1) is 12.6. The lowest BCUT2D eigenvalue weighted by Crippen LogP contribution is -2.12. The van der Waals surface area contributed by atoms with Crippen LogP contribution < -0.4 is 14.8 Å². The van der Waals surface area contributed by atoms with Crippen molar-refractivity contribution < 1.29 is 19.0 Å². The van der Waals surface area contributed by atoms with Crippen LogP contribution in [-0.4, -0.2) is 32.8 Å². The molecule has 140 valence electrons. The van der Waals surface area contributed by atoms with E-state index in [-0.39, 0.29) is 5.91 Å². The SMILES string of the molecule is COCCOc1ccc(NC(=O)c2ccc(OCCC(C)C)cc2)cc1. The number of hydrogen-bond acceptors (Lipinski definition) is 4. The van der Waals surface area contributed by atoms with E-state index in [9.17, 15) is 4.79 Å². The second-order valence-corrected chi connectivity index (χ2v) is 6.38. The van der Waals surface area contributed by atoms with Crippen LogP contribution in [0.25, 0.3) is 0 Å². The molecule has 0 aromatic heterocycles. The van der Waals surface area contributed by atoms with Crippen LogP contribution in [0.3, 0.4) is 0 Å². The van der Waals surface area contributed by atoms with Crippen molar-refractivity contribution >= 4 is 11.6 Å². The Labute approximate surface area is 155 Å². The number of nitrogens with one attached hydrogen (secondary N) is 1. The van der Waals surface area contributed by atoms with Crippen molar-refractivity contribution in [2.75, 3.05) is 32.2 Å². The maximum absolute atomic E-state index is 12.3. The molecule has 5 heteroatoms. The van der Waals surface area contributed by atoms with E-state index < -0.39 is 0 Å². The van der Waals surface area contributed by atoms with Gasteiger partial charge in [0.15, 0.2) is 0 Å². The molecule has 2 rings (SSSR count). The predicted molar refractivity (Wildman–Crippen MR) is 103 cm³/mol. The van der Waals surface area contributed by atoms with E-state index in [0.29, 0.717) is 37.0 Å². The number of rotatable bonds is 10. The minimum absolute atomic E-state index is 0.160. The Morgan fingerprint density at radius 3 is 2.04 bits per heavy atom. The molecule has 0 saturated carbocycles. The topological polar surface area (TPSA) is 56.8 Å². The van der Waals surface area contributed by atoms with E-state index in [2.05, 4.69) is 19.2 Å². The number of amides is 1. The first kappa shape index (κ1) is 19.8. The fraction of sp³-hybridized carbons (Fsp3) is 0.381. The normalized spacial score (nSPS) is 10.6. The number of ether oxygens (including phenoxy) is 3. The monoisotopic (exact) mass is 357 g/mol. The van der Waals surface area contributed by atoms with Crippen LogP contribution in [0, 0.1) is 5.92 Å². The van der Waals surface area contributed by atoms with Gasteiger partial charge in [0.05, 0.1) is 13.2 Å². The number of carbonyl (C=O) groups excluding carboxylic acids is 1. The molecule has 0 unspecified atom stereocenters. The van der Waals surface area contributed by atoms with Gasteiger partial charge < -0.3 is 19.5 Å². The van der Waals surface area contributed by atoms with Crippen molar-refractivity contribution in [2.24, 2.45) is 5.92 Å². The van der Waals surface area contributed by atoms with Crippen LogP contribution in [0.4, 0.5) is 5.69 Å². The maximum atomic E-state index is 12.3. The molecule has 1 amide bonds. The number of carbonyl (C=O) groups is 1. The quantitative estimate of drug-likeness (QED) is 0.641. The van der Waals surface area contributed by atoms with Crippen molar-refractivity contribution in [3.63, 3.8) is 0 Å². The summed E-state index contributed by atoms with van der Waals surface area (Å²) in [6.07, 6.45) is 1.01. The number of benzene rings is 2. The van der Waals surface area contributed by atoms with Crippen LogP contribution >= 0.6 is 0 Å². The van der Waals surface area contributed by atoms with Crippen LogP contribution in [0.5, 0.6) is 11.5 Å². The molecule has 0 heterocycles. The summed E-state index contributed by atoms with van der Waals surface area (Å²) >= 11 is 0. The second kappa shape index (κ2) is 10.5. The molecule has 1 N–H and O–H groups in total. The van der Waals surface area contributed by atoms with E-state index in [1.807, 2.05) is 36.4 Å². The standard InChI is InChI=1S/C21H27NO4/c1-16(2)12-13-25-19-8-4-17(5-9-19)21(23)22-18-6-10-20(11-7-18)26-15-14-24-3/h4-11,16H,12-15H2,1-3H3,(H,22,23). The van der Waals surface area contributed by atoms with Gasteiger partial charge in [0.1, 0.15) is 18.1 Å². The van der Waals surface area contributed by atoms with Crippen molar-refractivity contribution in [1.82, 2.24) is 0 Å². The summed E-state index contributed by atoms with van der Waals surface area (Å²) in [5.41, 5.74) is 1.30. The molecule has 0 spiro atoms. The summed E-state index contributed by atoms with van der Waals surface area (Å²) in [4.78, 5) is 12.3. The molecule has 0 aliphatic rings. The second-order valence-electron chi connectivity index (χ2n) is 6.38. The lowest BCUT2D eigenvalue weighted by molar-refractivity contribution is 0.102. The Morgan fingerprint density at radius 1 is 0.885 bits per heavy atom. The molecule has 0 saturated heterocycles. The average molecular weight is 357 g/mol. The zero-order valence-electron chi connectivity index (χ0n) is 15.7. The third kappa shape index (κ3) is 6.76. The van der Waals surface area contributed by atoms with Crippen LogP contribution in [0.15, 0.2) is 48.5 Å². The molecule has 0 aliphatic carbocycles. The largest absolute Gasteiger partial charge is 0.494 e. The molecule has 2 aromatic rings. The van der Waals surface area contributed by atoms with Crippen molar-refractivity contribution in [3.05, 3.63) is 54.1 Å². The summed E-state index contributed by atoms with van der Waals surface area (Å²) in [7, 11) is 1.63. The first-order valence-electron chi connectivity index (χ1n) is 8.84. The smallest absolute Gasteiger partial charge is 0.255 e. The van der Waals surface area contributed by atoms with E-state index in [1.54, 1.807) is 19.2 Å². The van der Waals surface area contributed by atoms with Gasteiger partial charge in [-0.1, -0.05) is 13.8 Å². The highest BCUT2D eigenvalue weighted by molar-refractivity contribution is 6.04. The Hall–Kier alpha value is -2.53. The highest BCUT2D eigenvalue weighted by Gasteiger charge is 2.07. The van der Waals surface area contributed by atoms with Crippen LogP contribution in [-0.2, 0) is 4.74 Å². The Morgan fingerprint density at radius 2 is 1.46 bits per heavy atom. The van der Waals surface area contributed by atoms with Gasteiger partial charge in [-0.2, -0.15) is 0 Å². The molecule has 0 aliphatic heterocycles. The average Bonchev–Trinajstić information content (AvgIpc) is 2.63. The Bertz CT molecular complexity index is 665. The van der Waals surface area contributed by atoms with Crippen molar-refractivity contribution in [3.8, 4) is 11.5 Å². The number of anilines is 1. The van der Waals surface area contributed by atoms with Gasteiger partial charge in [-0.15, -0.1) is 0 Å². The van der Waals surface area contributed by atoms with Gasteiger partial charge in [0.25, 0.3) is 5.91 Å². The molecule has 0 bridgehead atoms. The van der Waals surface area contributed by atoms with Crippen LogP contribution in [0.2, 0.25) is 0 Å². The van der Waals surface area contributed by atoms with Gasteiger partial charge in [-0.3, -0.25) is 4.79 Å². The summed E-state index contributed by atoms with van der Waals surface area (Å²) < 4.78 is 16.1. The molecule has 0 fully saturated rings. The van der Waals surface area contributed by atoms with Gasteiger partial charge in [-0.25, -0.2) is 0 Å². The van der Waals surface area contributed by atoms with E-state index in [4.69, 9.17) is 14.2 Å². The summed E-state index contributed by atoms with van der Waals surface area (Å²) in [5, 5.41) is 2.87. The van der Waals surface area contributed by atoms with Gasteiger partial charge >= 0.3 is 0 Å². The molecule has 26 heavy (non-hydrogen) atoms. The first-order valence-corrected chi connectivity index (χ1v) is 8.84. The van der Waals surface area contributed by atoms with Crippen molar-refractivity contribution in [1.29, 1.82) is 0 Å². The van der Waals surface area contributed by atoms with Gasteiger partial charge in [0, 0.05) is 18.4 Å². The maximum Gasteiger partial charge on any atom is 0.255 e. The summed E-state index contributed by atoms with van der Waals surface area (Å²) in [5.74, 6) is 1.96. The molecule has 2 aromatic carbocycles. The lowest BCUT2D eigenvalue weighted by atomic mass is 10.1. The Kier molecular flexibility index (Phi) is 7.96. The molecule has 5 nitrogen and oxygen atoms in total. The molecular formula is C21H27NO4. The fourth-order valence-corrected chi connectivity index (χ4v) is 2.20.